The van der Waals surface area contributed by atoms with E-state index in [0.29, 0.717) is 5.37 Å². The molecule has 1 atom stereocenters. The van der Waals surface area contributed by atoms with Gasteiger partial charge in [0.1, 0.15) is 11.2 Å². The third-order valence-corrected chi connectivity index (χ3v) is 7.62. The summed E-state index contributed by atoms with van der Waals surface area (Å²) in [4.78, 5) is 2.50. The molecule has 2 aromatic rings. The highest BCUT2D eigenvalue weighted by Crippen LogP contribution is 2.61. The Morgan fingerprint density at radius 2 is 1.56 bits per heavy atom. The molecule has 3 heteroatoms. The van der Waals surface area contributed by atoms with E-state index in [1.165, 1.54) is 27.9 Å². The van der Waals surface area contributed by atoms with Crippen molar-refractivity contribution in [2.75, 3.05) is 4.90 Å². The van der Waals surface area contributed by atoms with Crippen LogP contribution >= 0.6 is 11.9 Å². The Morgan fingerprint density at radius 1 is 0.920 bits per heavy atom. The van der Waals surface area contributed by atoms with Gasteiger partial charge in [-0.2, -0.15) is 4.40 Å². The van der Waals surface area contributed by atoms with Crippen molar-refractivity contribution in [1.29, 1.82) is 0 Å². The largest absolute Gasteiger partial charge is 0.309 e. The molecule has 0 spiro atoms. The van der Waals surface area contributed by atoms with Crippen LogP contribution in [0.3, 0.4) is 0 Å². The second-order valence-electron chi connectivity index (χ2n) is 7.84. The van der Waals surface area contributed by atoms with Crippen molar-refractivity contribution >= 4 is 23.5 Å². The molecule has 0 saturated carbocycles. The lowest BCUT2D eigenvalue weighted by Gasteiger charge is -2.55. The van der Waals surface area contributed by atoms with Crippen molar-refractivity contribution in [3.8, 4) is 11.1 Å². The number of hydrogen-bond acceptors (Lipinski definition) is 3. The normalized spacial score (nSPS) is 23.0. The molecule has 5 rings (SSSR count). The average molecular weight is 349 g/mol. The molecule has 128 valence electrons. The zero-order valence-electron chi connectivity index (χ0n) is 15.3. The summed E-state index contributed by atoms with van der Waals surface area (Å²) in [7, 11) is 0. The summed E-state index contributed by atoms with van der Waals surface area (Å²) in [5.41, 5.74) is 6.99. The second kappa shape index (κ2) is 5.25. The van der Waals surface area contributed by atoms with Crippen LogP contribution in [0.4, 0.5) is 5.69 Å². The number of para-hydroxylation sites is 1. The van der Waals surface area contributed by atoms with E-state index in [1.807, 2.05) is 0 Å². The van der Waals surface area contributed by atoms with E-state index in [4.69, 9.17) is 4.40 Å². The van der Waals surface area contributed by atoms with E-state index in [2.05, 4.69) is 88.2 Å². The van der Waals surface area contributed by atoms with Gasteiger partial charge in [0.25, 0.3) is 0 Å². The van der Waals surface area contributed by atoms with Crippen LogP contribution < -0.4 is 4.90 Å². The summed E-state index contributed by atoms with van der Waals surface area (Å²) < 4.78 is 4.90. The molecule has 1 unspecified atom stereocenters. The first-order valence-corrected chi connectivity index (χ1v) is 9.54. The standard InChI is InChI=1S/C20H20N2S.C2H4/c1-19(2)15-11-7-10-13-12-8-5-6-9-14(12)17-21-23-18(20(19,3)4)22(17)16(13)15;1-2/h5-11,18H,1-4H3;1-2H2. The van der Waals surface area contributed by atoms with Crippen LogP contribution in [0.5, 0.6) is 0 Å². The number of anilines is 1. The number of nitrogens with zero attached hydrogens (tertiary/aromatic N) is 2. The highest BCUT2D eigenvalue weighted by Gasteiger charge is 2.57. The molecule has 0 radical (unpaired) electrons. The molecule has 2 aromatic carbocycles. The van der Waals surface area contributed by atoms with Crippen molar-refractivity contribution < 1.29 is 0 Å². The first-order valence-electron chi connectivity index (χ1n) is 8.71. The summed E-state index contributed by atoms with van der Waals surface area (Å²) in [5.74, 6) is 1.14. The SMILES string of the molecule is C=C.CC1(C)c2cccc3c2N2C(=NSC2C1(C)C)c1ccccc1-3. The number of benzene rings is 2. The fourth-order valence-electron chi connectivity index (χ4n) is 4.25. The Balaban J connectivity index is 0.000000758. The van der Waals surface area contributed by atoms with Crippen molar-refractivity contribution in [3.05, 3.63) is 66.7 Å². The van der Waals surface area contributed by atoms with Gasteiger partial charge in [0, 0.05) is 28.5 Å². The first-order chi connectivity index (χ1) is 11.9. The Labute approximate surface area is 154 Å². The van der Waals surface area contributed by atoms with Gasteiger partial charge in [0.15, 0.2) is 0 Å². The van der Waals surface area contributed by atoms with Crippen molar-refractivity contribution in [3.63, 3.8) is 0 Å². The lowest BCUT2D eigenvalue weighted by atomic mass is 9.60. The molecule has 0 saturated heterocycles. The molecule has 3 aliphatic rings. The minimum absolute atomic E-state index is 0.101. The summed E-state index contributed by atoms with van der Waals surface area (Å²) in [6, 6.07) is 15.5. The fourth-order valence-corrected chi connectivity index (χ4v) is 5.50. The maximum Gasteiger partial charge on any atom is 0.150 e. The van der Waals surface area contributed by atoms with E-state index in [1.54, 1.807) is 11.9 Å². The van der Waals surface area contributed by atoms with Gasteiger partial charge >= 0.3 is 0 Å². The van der Waals surface area contributed by atoms with Gasteiger partial charge in [-0.25, -0.2) is 0 Å². The molecule has 0 amide bonds. The summed E-state index contributed by atoms with van der Waals surface area (Å²) >= 11 is 1.74. The Morgan fingerprint density at radius 3 is 2.28 bits per heavy atom. The van der Waals surface area contributed by atoms with Gasteiger partial charge in [-0.15, -0.1) is 13.2 Å². The lowest BCUT2D eigenvalue weighted by molar-refractivity contribution is 0.183. The molecule has 25 heavy (non-hydrogen) atoms. The maximum absolute atomic E-state index is 4.90. The predicted octanol–water partition coefficient (Wildman–Crippen LogP) is 6.03. The van der Waals surface area contributed by atoms with Gasteiger partial charge in [0.05, 0.1) is 5.69 Å². The van der Waals surface area contributed by atoms with E-state index in [9.17, 15) is 0 Å². The van der Waals surface area contributed by atoms with Gasteiger partial charge in [0.2, 0.25) is 0 Å². The molecule has 2 nitrogen and oxygen atoms in total. The molecule has 0 fully saturated rings. The fraction of sp³-hybridized carbons (Fsp3) is 0.318. The van der Waals surface area contributed by atoms with Crippen molar-refractivity contribution in [2.24, 2.45) is 9.81 Å². The van der Waals surface area contributed by atoms with Crippen molar-refractivity contribution in [2.45, 2.75) is 38.5 Å². The number of fused-ring (bicyclic) bond motifs is 3. The van der Waals surface area contributed by atoms with E-state index < -0.39 is 0 Å². The van der Waals surface area contributed by atoms with Crippen LogP contribution in [-0.2, 0) is 5.41 Å². The van der Waals surface area contributed by atoms with E-state index in [-0.39, 0.29) is 10.8 Å². The smallest absolute Gasteiger partial charge is 0.150 e. The van der Waals surface area contributed by atoms with Crippen LogP contribution in [0.1, 0.15) is 38.8 Å². The summed E-state index contributed by atoms with van der Waals surface area (Å²) in [6.45, 7) is 15.6. The molecule has 0 N–H and O–H groups in total. The molecular weight excluding hydrogens is 324 g/mol. The monoisotopic (exact) mass is 348 g/mol. The molecule has 0 bridgehead atoms. The van der Waals surface area contributed by atoms with Crippen LogP contribution in [-0.4, -0.2) is 11.2 Å². The zero-order valence-corrected chi connectivity index (χ0v) is 16.2. The van der Waals surface area contributed by atoms with Gasteiger partial charge in [-0.3, -0.25) is 0 Å². The topological polar surface area (TPSA) is 15.6 Å². The van der Waals surface area contributed by atoms with Gasteiger partial charge in [-0.05, 0) is 16.5 Å². The highest BCUT2D eigenvalue weighted by atomic mass is 32.2. The summed E-state index contributed by atoms with van der Waals surface area (Å²) in [6.07, 6.45) is 0. The third-order valence-electron chi connectivity index (χ3n) is 6.34. The second-order valence-corrected chi connectivity index (χ2v) is 8.68. The number of hydrogen-bond donors (Lipinski definition) is 0. The number of rotatable bonds is 0. The first kappa shape index (κ1) is 16.5. The predicted molar refractivity (Wildman–Crippen MR) is 110 cm³/mol. The van der Waals surface area contributed by atoms with Crippen LogP contribution in [0, 0.1) is 5.41 Å². The van der Waals surface area contributed by atoms with Crippen molar-refractivity contribution in [1.82, 2.24) is 0 Å². The zero-order chi connectivity index (χ0) is 18.0. The molecular formula is C22H24N2S. The third kappa shape index (κ3) is 1.85. The van der Waals surface area contributed by atoms with Crippen LogP contribution in [0.25, 0.3) is 11.1 Å². The molecule has 0 aliphatic carbocycles. The highest BCUT2D eigenvalue weighted by molar-refractivity contribution is 7.99. The molecule has 0 aromatic heterocycles. The minimum atomic E-state index is 0.101. The minimum Gasteiger partial charge on any atom is -0.309 e. The quantitative estimate of drug-likeness (QED) is 0.427. The average Bonchev–Trinajstić information content (AvgIpc) is 3.08. The Bertz CT molecular complexity index is 895. The van der Waals surface area contributed by atoms with E-state index in [0.717, 1.165) is 5.84 Å². The molecule has 3 heterocycles. The number of amidine groups is 1. The van der Waals surface area contributed by atoms with Crippen LogP contribution in [0.2, 0.25) is 0 Å². The molecule has 3 aliphatic heterocycles. The Kier molecular flexibility index (Phi) is 3.46. The van der Waals surface area contributed by atoms with Gasteiger partial charge in [-0.1, -0.05) is 70.2 Å². The lowest BCUT2D eigenvalue weighted by Crippen LogP contribution is -2.57. The van der Waals surface area contributed by atoms with Gasteiger partial charge < -0.3 is 4.90 Å². The maximum atomic E-state index is 4.90. The Hall–Kier alpha value is -2.00. The van der Waals surface area contributed by atoms with Crippen LogP contribution in [0.15, 0.2) is 60.0 Å². The van der Waals surface area contributed by atoms with E-state index >= 15 is 0 Å². The summed E-state index contributed by atoms with van der Waals surface area (Å²) in [5, 5.41) is 0.356.